The minimum Gasteiger partial charge on any atom is -0.483 e. The van der Waals surface area contributed by atoms with Crippen LogP contribution < -0.4 is 5.73 Å². The molecule has 0 aliphatic carbocycles. The molecule has 2 heterocycles. The molecule has 2 aromatic rings. The molecule has 15 heavy (non-hydrogen) atoms. The van der Waals surface area contributed by atoms with E-state index in [0.29, 0.717) is 5.56 Å². The molecule has 0 saturated carbocycles. The van der Waals surface area contributed by atoms with Crippen molar-refractivity contribution in [2.24, 2.45) is 5.73 Å². The van der Waals surface area contributed by atoms with Crippen LogP contribution in [0.2, 0.25) is 0 Å². The molecule has 0 atom stereocenters. The van der Waals surface area contributed by atoms with E-state index >= 15 is 0 Å². The first-order chi connectivity index (χ1) is 7.19. The van der Waals surface area contributed by atoms with Crippen molar-refractivity contribution in [3.8, 4) is 0 Å². The van der Waals surface area contributed by atoms with Crippen molar-refractivity contribution in [2.45, 2.75) is 0 Å². The van der Waals surface area contributed by atoms with E-state index in [1.54, 1.807) is 35.1 Å². The van der Waals surface area contributed by atoms with Gasteiger partial charge in [0.05, 0.1) is 5.56 Å². The molecule has 0 saturated heterocycles. The van der Waals surface area contributed by atoms with Crippen LogP contribution in [0.15, 0.2) is 30.7 Å². The van der Waals surface area contributed by atoms with E-state index < -0.39 is 5.91 Å². The number of aromatic nitrogens is 2. The first-order valence-corrected chi connectivity index (χ1v) is 3.99. The predicted octanol–water partition coefficient (Wildman–Crippen LogP) is 0.134. The zero-order valence-corrected chi connectivity index (χ0v) is 7.70. The summed E-state index contributed by atoms with van der Waals surface area (Å²) in [5, 5.41) is 6.89. The van der Waals surface area contributed by atoms with Crippen molar-refractivity contribution >= 4 is 18.0 Å². The third-order valence-corrected chi connectivity index (χ3v) is 1.67. The molecule has 0 radical (unpaired) electrons. The lowest BCUT2D eigenvalue weighted by molar-refractivity contribution is -0.122. The molecule has 0 aliphatic heterocycles. The van der Waals surface area contributed by atoms with Gasteiger partial charge in [-0.2, -0.15) is 0 Å². The first-order valence-electron chi connectivity index (χ1n) is 3.99. The Bertz CT molecular complexity index is 478. The largest absolute Gasteiger partial charge is 0.483 e. The first kappa shape index (κ1) is 10.7. The van der Waals surface area contributed by atoms with Gasteiger partial charge >= 0.3 is 0 Å². The van der Waals surface area contributed by atoms with Crippen molar-refractivity contribution in [2.75, 3.05) is 0 Å². The molecule has 6 heteroatoms. The predicted molar refractivity (Wildman–Crippen MR) is 52.4 cm³/mol. The summed E-state index contributed by atoms with van der Waals surface area (Å²) in [5.74, 6) is -0.425. The third kappa shape index (κ3) is 2.53. The number of pyridine rings is 1. The quantitative estimate of drug-likeness (QED) is 0.649. The lowest BCUT2D eigenvalue weighted by atomic mass is 10.3. The van der Waals surface area contributed by atoms with Gasteiger partial charge in [-0.3, -0.25) is 9.59 Å². The van der Waals surface area contributed by atoms with Gasteiger partial charge in [0, 0.05) is 18.6 Å². The number of fused-ring (bicyclic) bond motifs is 1. The molecule has 3 N–H and O–H groups in total. The minimum absolute atomic E-state index is 0.250. The maximum absolute atomic E-state index is 10.8. The van der Waals surface area contributed by atoms with Gasteiger partial charge in [-0.25, -0.2) is 4.98 Å². The number of hydrogen-bond donors (Lipinski definition) is 2. The number of carboxylic acid groups (broad SMARTS) is 1. The minimum atomic E-state index is -0.425. The molecular weight excluding hydrogens is 198 g/mol. The fourth-order valence-corrected chi connectivity index (χ4v) is 1.07. The molecule has 0 aliphatic rings. The van der Waals surface area contributed by atoms with Crippen molar-refractivity contribution in [1.82, 2.24) is 9.38 Å². The fraction of sp³-hybridized carbons (Fsp3) is 0. The van der Waals surface area contributed by atoms with E-state index in [1.807, 2.05) is 0 Å². The maximum atomic E-state index is 10.8. The molecule has 1 amide bonds. The highest BCUT2D eigenvalue weighted by Gasteiger charge is 2.00. The number of carbonyl (C=O) groups is 2. The second kappa shape index (κ2) is 4.75. The normalized spacial score (nSPS) is 9.07. The monoisotopic (exact) mass is 207 g/mol. The van der Waals surface area contributed by atoms with Crippen molar-refractivity contribution < 1.29 is 14.7 Å². The molecule has 0 fully saturated rings. The fourth-order valence-electron chi connectivity index (χ4n) is 1.07. The zero-order chi connectivity index (χ0) is 11.3. The molecule has 78 valence electrons. The Kier molecular flexibility index (Phi) is 3.39. The number of hydrogen-bond acceptors (Lipinski definition) is 3. The van der Waals surface area contributed by atoms with E-state index in [9.17, 15) is 4.79 Å². The third-order valence-electron chi connectivity index (χ3n) is 1.67. The Hall–Kier alpha value is -2.37. The SMILES string of the molecule is NC(=O)c1ccc2nccn2c1.O=CO. The maximum Gasteiger partial charge on any atom is 0.290 e. The second-order valence-corrected chi connectivity index (χ2v) is 2.58. The summed E-state index contributed by atoms with van der Waals surface area (Å²) in [6, 6.07) is 3.41. The van der Waals surface area contributed by atoms with Crippen LogP contribution in [0.5, 0.6) is 0 Å². The van der Waals surface area contributed by atoms with Crippen LogP contribution in [0, 0.1) is 0 Å². The van der Waals surface area contributed by atoms with E-state index in [2.05, 4.69) is 4.98 Å². The van der Waals surface area contributed by atoms with Crippen LogP contribution >= 0.6 is 0 Å². The number of imidazole rings is 1. The highest BCUT2D eigenvalue weighted by molar-refractivity contribution is 5.92. The molecule has 6 nitrogen and oxygen atoms in total. The average Bonchev–Trinajstić information content (AvgIpc) is 2.65. The number of rotatable bonds is 1. The Balaban J connectivity index is 0.000000337. The van der Waals surface area contributed by atoms with Crippen LogP contribution in [0.25, 0.3) is 5.65 Å². The molecule has 0 unspecified atom stereocenters. The standard InChI is InChI=1S/C8H7N3O.CH2O2/c9-8(12)6-1-2-7-10-3-4-11(7)5-6;2-1-3/h1-5H,(H2,9,12);1H,(H,2,3). The van der Waals surface area contributed by atoms with Gasteiger partial charge in [-0.1, -0.05) is 0 Å². The molecular formula is C9H9N3O3. The van der Waals surface area contributed by atoms with Gasteiger partial charge in [0.15, 0.2) is 0 Å². The number of nitrogens with two attached hydrogens (primary N) is 1. The van der Waals surface area contributed by atoms with Crippen LogP contribution in [0.3, 0.4) is 0 Å². The number of primary amides is 1. The highest BCUT2D eigenvalue weighted by atomic mass is 16.3. The summed E-state index contributed by atoms with van der Waals surface area (Å²) in [7, 11) is 0. The van der Waals surface area contributed by atoms with Gasteiger partial charge in [-0.15, -0.1) is 0 Å². The zero-order valence-electron chi connectivity index (χ0n) is 7.70. The van der Waals surface area contributed by atoms with Crippen molar-refractivity contribution in [1.29, 1.82) is 0 Å². The van der Waals surface area contributed by atoms with Gasteiger partial charge in [0.1, 0.15) is 5.65 Å². The smallest absolute Gasteiger partial charge is 0.290 e. The molecule has 0 spiro atoms. The van der Waals surface area contributed by atoms with Crippen LogP contribution in [-0.2, 0) is 4.79 Å². The summed E-state index contributed by atoms with van der Waals surface area (Å²) < 4.78 is 1.75. The number of carbonyl (C=O) groups excluding carboxylic acids is 1. The van der Waals surface area contributed by atoms with E-state index in [-0.39, 0.29) is 6.47 Å². The molecule has 2 aromatic heterocycles. The summed E-state index contributed by atoms with van der Waals surface area (Å²) >= 11 is 0. The summed E-state index contributed by atoms with van der Waals surface area (Å²) in [5.41, 5.74) is 6.39. The average molecular weight is 207 g/mol. The van der Waals surface area contributed by atoms with Crippen molar-refractivity contribution in [3.63, 3.8) is 0 Å². The van der Waals surface area contributed by atoms with Crippen molar-refractivity contribution in [3.05, 3.63) is 36.3 Å². The lowest BCUT2D eigenvalue weighted by Gasteiger charge is -1.95. The van der Waals surface area contributed by atoms with E-state index in [1.165, 1.54) is 0 Å². The Morgan fingerprint density at radius 2 is 2.20 bits per heavy atom. The van der Waals surface area contributed by atoms with Gasteiger partial charge in [0.2, 0.25) is 5.91 Å². The van der Waals surface area contributed by atoms with Gasteiger partial charge in [-0.05, 0) is 12.1 Å². The topological polar surface area (TPSA) is 97.7 Å². The summed E-state index contributed by atoms with van der Waals surface area (Å²) in [6.07, 6.45) is 5.09. The van der Waals surface area contributed by atoms with E-state index in [4.69, 9.17) is 15.6 Å². The molecule has 0 bridgehead atoms. The second-order valence-electron chi connectivity index (χ2n) is 2.58. The Morgan fingerprint density at radius 1 is 1.53 bits per heavy atom. The van der Waals surface area contributed by atoms with Gasteiger partial charge in [0.25, 0.3) is 6.47 Å². The van der Waals surface area contributed by atoms with Crippen LogP contribution in [0.4, 0.5) is 0 Å². The van der Waals surface area contributed by atoms with Gasteiger partial charge < -0.3 is 15.2 Å². The number of nitrogens with zero attached hydrogens (tertiary/aromatic N) is 2. The van der Waals surface area contributed by atoms with Crippen LogP contribution in [-0.4, -0.2) is 26.9 Å². The van der Waals surface area contributed by atoms with Crippen LogP contribution in [0.1, 0.15) is 10.4 Å². The summed E-state index contributed by atoms with van der Waals surface area (Å²) in [4.78, 5) is 23.1. The Labute approximate surface area is 85.0 Å². The Morgan fingerprint density at radius 3 is 2.80 bits per heavy atom. The highest BCUT2D eigenvalue weighted by Crippen LogP contribution is 2.03. The number of amides is 1. The van der Waals surface area contributed by atoms with E-state index in [0.717, 1.165) is 5.65 Å². The summed E-state index contributed by atoms with van der Waals surface area (Å²) in [6.45, 7) is -0.250. The molecule has 0 aromatic carbocycles. The lowest BCUT2D eigenvalue weighted by Crippen LogP contribution is -2.11. The molecule has 2 rings (SSSR count).